The lowest BCUT2D eigenvalue weighted by Gasteiger charge is -2.47. The second kappa shape index (κ2) is 6.17. The normalized spacial score (nSPS) is 46.2. The van der Waals surface area contributed by atoms with Gasteiger partial charge in [-0.2, -0.15) is 0 Å². The lowest BCUT2D eigenvalue weighted by atomic mass is 9.66. The Bertz CT molecular complexity index is 409. The van der Waals surface area contributed by atoms with Crippen LogP contribution in [0.15, 0.2) is 11.6 Å². The summed E-state index contributed by atoms with van der Waals surface area (Å²) in [6.45, 7) is 6.09. The number of methoxy groups -OCH3 is 1. The van der Waals surface area contributed by atoms with Crippen LogP contribution in [0.1, 0.15) is 40.0 Å². The van der Waals surface area contributed by atoms with Crippen LogP contribution in [0.25, 0.3) is 0 Å². The first-order valence-electron chi connectivity index (χ1n) is 7.59. The molecule has 1 saturated carbocycles. The fourth-order valence-corrected chi connectivity index (χ4v) is 4.02. The van der Waals surface area contributed by atoms with E-state index in [2.05, 4.69) is 19.9 Å². The average Bonchev–Trinajstić information content (AvgIpc) is 3.10. The maximum atomic E-state index is 10.9. The lowest BCUT2D eigenvalue weighted by molar-refractivity contribution is -0.170. The van der Waals surface area contributed by atoms with Gasteiger partial charge in [-0.1, -0.05) is 11.6 Å². The Morgan fingerprint density at radius 1 is 1.48 bits per heavy atom. The lowest BCUT2D eigenvalue weighted by Crippen LogP contribution is -2.60. The number of allylic oxidation sites excluding steroid dienone is 1. The Balaban J connectivity index is 2.22. The van der Waals surface area contributed by atoms with E-state index < -0.39 is 23.4 Å². The van der Waals surface area contributed by atoms with Crippen molar-refractivity contribution in [2.45, 2.75) is 69.5 Å². The number of ether oxygens (including phenoxy) is 2. The zero-order valence-corrected chi connectivity index (χ0v) is 14.1. The predicted octanol–water partition coefficient (Wildman–Crippen LogP) is 2.26. The molecule has 1 aliphatic carbocycles. The summed E-state index contributed by atoms with van der Waals surface area (Å²) in [4.78, 5) is 0. The first kappa shape index (κ1) is 17.2. The standard InChI is InChI=1S/C16H27ClO4/c1-10(2)5-6-12-15(3,21-12)14-13(20-4)11(18)7-8-16(14,19)9-17/h5,11-14,18-19H,6-9H2,1-4H3/t11-,12-,13-,14+,15+,16+/m1/s1. The molecule has 2 N–H and O–H groups in total. The van der Waals surface area contributed by atoms with E-state index in [1.54, 1.807) is 7.11 Å². The van der Waals surface area contributed by atoms with E-state index in [0.29, 0.717) is 12.8 Å². The van der Waals surface area contributed by atoms with Crippen LogP contribution in [0.5, 0.6) is 0 Å². The predicted molar refractivity (Wildman–Crippen MR) is 82.5 cm³/mol. The van der Waals surface area contributed by atoms with Gasteiger partial charge in [-0.15, -0.1) is 11.6 Å². The number of alkyl halides is 1. The van der Waals surface area contributed by atoms with Crippen molar-refractivity contribution in [3.05, 3.63) is 11.6 Å². The Hall–Kier alpha value is -0.130. The van der Waals surface area contributed by atoms with E-state index in [1.807, 2.05) is 6.92 Å². The van der Waals surface area contributed by atoms with Crippen LogP contribution in [0, 0.1) is 5.92 Å². The largest absolute Gasteiger partial charge is 0.390 e. The molecule has 0 spiro atoms. The van der Waals surface area contributed by atoms with Gasteiger partial charge >= 0.3 is 0 Å². The number of hydrogen-bond acceptors (Lipinski definition) is 4. The summed E-state index contributed by atoms with van der Waals surface area (Å²) in [7, 11) is 1.57. The maximum Gasteiger partial charge on any atom is 0.100 e. The van der Waals surface area contributed by atoms with Crippen LogP contribution < -0.4 is 0 Å². The molecular formula is C16H27ClO4. The van der Waals surface area contributed by atoms with Crippen molar-refractivity contribution in [1.29, 1.82) is 0 Å². The van der Waals surface area contributed by atoms with Gasteiger partial charge in [0.05, 0.1) is 29.8 Å². The van der Waals surface area contributed by atoms with E-state index in [9.17, 15) is 10.2 Å². The smallest absolute Gasteiger partial charge is 0.100 e. The molecule has 0 aromatic rings. The Kier molecular flexibility index (Phi) is 5.06. The van der Waals surface area contributed by atoms with Crippen molar-refractivity contribution < 1.29 is 19.7 Å². The van der Waals surface area contributed by atoms with Gasteiger partial charge in [-0.25, -0.2) is 0 Å². The number of aliphatic hydroxyl groups excluding tert-OH is 1. The molecule has 0 bridgehead atoms. The highest BCUT2D eigenvalue weighted by Gasteiger charge is 2.66. The highest BCUT2D eigenvalue weighted by atomic mass is 35.5. The molecule has 21 heavy (non-hydrogen) atoms. The molecule has 122 valence electrons. The Labute approximate surface area is 132 Å². The highest BCUT2D eigenvalue weighted by Crippen LogP contribution is 2.54. The van der Waals surface area contributed by atoms with Crippen molar-refractivity contribution in [2.75, 3.05) is 13.0 Å². The first-order chi connectivity index (χ1) is 9.78. The quantitative estimate of drug-likeness (QED) is 0.464. The van der Waals surface area contributed by atoms with Crippen molar-refractivity contribution in [1.82, 2.24) is 0 Å². The molecule has 0 radical (unpaired) electrons. The molecule has 2 aliphatic rings. The minimum atomic E-state index is -1.06. The average molecular weight is 319 g/mol. The number of hydrogen-bond donors (Lipinski definition) is 2. The zero-order chi connectivity index (χ0) is 15.8. The topological polar surface area (TPSA) is 62.2 Å². The molecule has 1 heterocycles. The fraction of sp³-hybridized carbons (Fsp3) is 0.875. The molecule has 0 amide bonds. The number of aliphatic hydroxyl groups is 2. The van der Waals surface area contributed by atoms with Crippen LogP contribution in [0.3, 0.4) is 0 Å². The molecular weight excluding hydrogens is 292 g/mol. The molecule has 5 heteroatoms. The van der Waals surface area contributed by atoms with Gasteiger partial charge in [0, 0.05) is 13.0 Å². The highest BCUT2D eigenvalue weighted by molar-refractivity contribution is 6.18. The van der Waals surface area contributed by atoms with Gasteiger partial charge in [0.25, 0.3) is 0 Å². The second-order valence-electron chi connectivity index (χ2n) is 6.83. The molecule has 6 atom stereocenters. The van der Waals surface area contributed by atoms with E-state index in [4.69, 9.17) is 21.1 Å². The third-order valence-electron chi connectivity index (χ3n) is 5.00. The van der Waals surface area contributed by atoms with Gasteiger partial charge in [0.2, 0.25) is 0 Å². The van der Waals surface area contributed by atoms with Crippen LogP contribution in [0.2, 0.25) is 0 Å². The third-order valence-corrected chi connectivity index (χ3v) is 5.46. The van der Waals surface area contributed by atoms with E-state index in [0.717, 1.165) is 6.42 Å². The summed E-state index contributed by atoms with van der Waals surface area (Å²) in [5.41, 5.74) is -0.319. The third kappa shape index (κ3) is 3.15. The van der Waals surface area contributed by atoms with Crippen molar-refractivity contribution >= 4 is 11.6 Å². The fourth-order valence-electron chi connectivity index (χ4n) is 3.72. The van der Waals surface area contributed by atoms with Gasteiger partial charge < -0.3 is 19.7 Å². The SMILES string of the molecule is CO[C@@H]1[C@H](O)CC[C@](O)(CCl)[C@@H]1[C@@]1(C)O[C@@H]1CC=C(C)C. The molecule has 4 nitrogen and oxygen atoms in total. The van der Waals surface area contributed by atoms with Crippen LogP contribution >= 0.6 is 11.6 Å². The van der Waals surface area contributed by atoms with Gasteiger partial charge in [-0.3, -0.25) is 0 Å². The van der Waals surface area contributed by atoms with E-state index in [-0.39, 0.29) is 17.9 Å². The van der Waals surface area contributed by atoms with Crippen LogP contribution in [-0.4, -0.2) is 52.7 Å². The molecule has 1 aliphatic heterocycles. The van der Waals surface area contributed by atoms with Gasteiger partial charge in [-0.05, 0) is 40.0 Å². The number of halogens is 1. The molecule has 0 aromatic heterocycles. The van der Waals surface area contributed by atoms with Crippen molar-refractivity contribution in [3.8, 4) is 0 Å². The van der Waals surface area contributed by atoms with Gasteiger partial charge in [0.1, 0.15) is 5.60 Å². The molecule has 2 fully saturated rings. The number of rotatable bonds is 5. The molecule has 2 rings (SSSR count). The van der Waals surface area contributed by atoms with Crippen LogP contribution in [-0.2, 0) is 9.47 Å². The monoisotopic (exact) mass is 318 g/mol. The zero-order valence-electron chi connectivity index (χ0n) is 13.3. The first-order valence-corrected chi connectivity index (χ1v) is 8.12. The van der Waals surface area contributed by atoms with E-state index in [1.165, 1.54) is 5.57 Å². The van der Waals surface area contributed by atoms with Crippen molar-refractivity contribution in [2.24, 2.45) is 5.92 Å². The Morgan fingerprint density at radius 3 is 2.67 bits per heavy atom. The minimum absolute atomic E-state index is 0.0371. The summed E-state index contributed by atoms with van der Waals surface area (Å²) < 4.78 is 11.4. The molecule has 1 saturated heterocycles. The van der Waals surface area contributed by atoms with Gasteiger partial charge in [0.15, 0.2) is 0 Å². The molecule has 0 unspecified atom stereocenters. The summed E-state index contributed by atoms with van der Waals surface area (Å²) in [5.74, 6) is -0.203. The van der Waals surface area contributed by atoms with Crippen molar-refractivity contribution in [3.63, 3.8) is 0 Å². The summed E-state index contributed by atoms with van der Waals surface area (Å²) in [5, 5.41) is 21.1. The summed E-state index contributed by atoms with van der Waals surface area (Å²) >= 11 is 6.04. The summed E-state index contributed by atoms with van der Waals surface area (Å²) in [6.07, 6.45) is 2.90. The summed E-state index contributed by atoms with van der Waals surface area (Å²) in [6, 6.07) is 0. The minimum Gasteiger partial charge on any atom is -0.390 e. The maximum absolute atomic E-state index is 10.9. The van der Waals surface area contributed by atoms with Crippen LogP contribution in [0.4, 0.5) is 0 Å². The molecule has 0 aromatic carbocycles. The number of epoxide rings is 1. The second-order valence-corrected chi connectivity index (χ2v) is 7.10. The van der Waals surface area contributed by atoms with E-state index >= 15 is 0 Å². The Morgan fingerprint density at radius 2 is 2.14 bits per heavy atom.